The van der Waals surface area contributed by atoms with Gasteiger partial charge in [-0.15, -0.1) is 0 Å². The summed E-state index contributed by atoms with van der Waals surface area (Å²) in [4.78, 5) is 17.8. The lowest BCUT2D eigenvalue weighted by molar-refractivity contribution is 0.280. The van der Waals surface area contributed by atoms with E-state index in [1.54, 1.807) is 13.4 Å². The molecule has 0 radical (unpaired) electrons. The molecule has 2 aromatic heterocycles. The molecule has 0 bridgehead atoms. The van der Waals surface area contributed by atoms with E-state index in [2.05, 4.69) is 9.97 Å². The number of nitrogens with zero attached hydrogens (tertiary/aromatic N) is 1. The molecule has 0 aliphatic rings. The fraction of sp³-hybridized carbons (Fsp3) is 0.231. The van der Waals surface area contributed by atoms with E-state index in [0.717, 1.165) is 30.4 Å². The van der Waals surface area contributed by atoms with E-state index in [9.17, 15) is 9.90 Å². The van der Waals surface area contributed by atoms with Gasteiger partial charge in [-0.2, -0.15) is 0 Å². The molecule has 8 heteroatoms. The smallest absolute Gasteiger partial charge is 0.419 e. The van der Waals surface area contributed by atoms with Gasteiger partial charge in [0.05, 0.1) is 7.11 Å². The highest BCUT2D eigenvalue weighted by Gasteiger charge is 2.10. The first-order valence-electron chi connectivity index (χ1n) is 11.0. The second-order valence-corrected chi connectivity index (χ2v) is 7.69. The maximum absolute atomic E-state index is 11.1. The SMILES string of the molecule is COc1ccc(CCCCc2oc(=O)[nH]c2O)cc1OCc1coc(C=Cc2ccccc2)n1. The van der Waals surface area contributed by atoms with Crippen LogP contribution in [0.4, 0.5) is 0 Å². The van der Waals surface area contributed by atoms with Crippen molar-refractivity contribution < 1.29 is 23.4 Å². The lowest BCUT2D eigenvalue weighted by atomic mass is 10.1. The van der Waals surface area contributed by atoms with E-state index in [1.807, 2.05) is 60.7 Å². The third kappa shape index (κ3) is 6.19. The van der Waals surface area contributed by atoms with Crippen LogP contribution in [0.15, 0.2) is 68.4 Å². The van der Waals surface area contributed by atoms with Crippen LogP contribution in [0.2, 0.25) is 0 Å². The van der Waals surface area contributed by atoms with Crippen molar-refractivity contribution in [2.24, 2.45) is 0 Å². The molecule has 0 amide bonds. The summed E-state index contributed by atoms with van der Waals surface area (Å²) in [7, 11) is 1.60. The molecule has 2 heterocycles. The standard InChI is InChI=1S/C26H26N2O6/c1-31-21-13-11-19(9-5-6-10-22-25(29)28-26(30)34-22)15-23(21)32-16-20-17-33-24(27-20)14-12-18-7-3-2-4-8-18/h2-4,7-8,11-15,17,29H,5-6,9-10,16H2,1H3,(H,28,30). The van der Waals surface area contributed by atoms with Crippen LogP contribution in [-0.4, -0.2) is 22.2 Å². The van der Waals surface area contributed by atoms with Gasteiger partial charge in [-0.05, 0) is 48.6 Å². The van der Waals surface area contributed by atoms with Gasteiger partial charge in [-0.25, -0.2) is 9.78 Å². The Hall–Kier alpha value is -4.20. The maximum atomic E-state index is 11.1. The number of methoxy groups -OCH3 is 1. The molecule has 0 unspecified atom stereocenters. The van der Waals surface area contributed by atoms with Gasteiger partial charge >= 0.3 is 5.76 Å². The molecule has 4 rings (SSSR count). The van der Waals surface area contributed by atoms with E-state index < -0.39 is 5.76 Å². The molecule has 2 N–H and O–H groups in total. The Labute approximate surface area is 196 Å². The Balaban J connectivity index is 1.31. The minimum atomic E-state index is -0.643. The number of hydrogen-bond donors (Lipinski definition) is 2. The Morgan fingerprint density at radius 1 is 1.06 bits per heavy atom. The van der Waals surface area contributed by atoms with Crippen molar-refractivity contribution in [3.63, 3.8) is 0 Å². The van der Waals surface area contributed by atoms with Crippen molar-refractivity contribution in [2.45, 2.75) is 32.3 Å². The summed E-state index contributed by atoms with van der Waals surface area (Å²) in [6, 6.07) is 15.7. The number of H-pyrrole nitrogens is 1. The Morgan fingerprint density at radius 2 is 1.88 bits per heavy atom. The molecule has 0 atom stereocenters. The quantitative estimate of drug-likeness (QED) is 0.302. The predicted molar refractivity (Wildman–Crippen MR) is 127 cm³/mol. The van der Waals surface area contributed by atoms with Gasteiger partial charge in [0.1, 0.15) is 18.6 Å². The van der Waals surface area contributed by atoms with Crippen molar-refractivity contribution >= 4 is 12.2 Å². The van der Waals surface area contributed by atoms with Gasteiger partial charge in [0.15, 0.2) is 17.3 Å². The highest BCUT2D eigenvalue weighted by molar-refractivity contribution is 5.65. The first-order chi connectivity index (χ1) is 16.6. The number of benzene rings is 2. The zero-order valence-corrected chi connectivity index (χ0v) is 18.8. The highest BCUT2D eigenvalue weighted by atomic mass is 16.5. The first-order valence-corrected chi connectivity index (χ1v) is 11.0. The number of ether oxygens (including phenoxy) is 2. The van der Waals surface area contributed by atoms with Crippen molar-refractivity contribution in [3.05, 3.63) is 93.8 Å². The molecule has 0 fully saturated rings. The van der Waals surface area contributed by atoms with Gasteiger partial charge in [-0.3, -0.25) is 4.98 Å². The van der Waals surface area contributed by atoms with Gasteiger partial charge in [0.2, 0.25) is 11.8 Å². The number of rotatable bonds is 11. The highest BCUT2D eigenvalue weighted by Crippen LogP contribution is 2.29. The van der Waals surface area contributed by atoms with Crippen LogP contribution in [0.3, 0.4) is 0 Å². The number of unbranched alkanes of at least 4 members (excludes halogenated alkanes) is 1. The van der Waals surface area contributed by atoms with Crippen LogP contribution in [0.5, 0.6) is 17.4 Å². The number of nitrogens with one attached hydrogen (secondary N) is 1. The van der Waals surface area contributed by atoms with Crippen molar-refractivity contribution in [3.8, 4) is 17.4 Å². The monoisotopic (exact) mass is 462 g/mol. The molecule has 2 aromatic carbocycles. The topological polar surface area (TPSA) is 111 Å². The fourth-order valence-corrected chi connectivity index (χ4v) is 3.47. The third-order valence-electron chi connectivity index (χ3n) is 5.21. The number of aromatic nitrogens is 2. The number of hydrogen-bond acceptors (Lipinski definition) is 7. The Morgan fingerprint density at radius 3 is 2.65 bits per heavy atom. The lowest BCUT2D eigenvalue weighted by Gasteiger charge is -2.11. The van der Waals surface area contributed by atoms with E-state index >= 15 is 0 Å². The molecular weight excluding hydrogens is 436 g/mol. The van der Waals surface area contributed by atoms with Crippen LogP contribution >= 0.6 is 0 Å². The number of aryl methyl sites for hydroxylation is 2. The summed E-state index contributed by atoms with van der Waals surface area (Å²) in [6.45, 7) is 0.244. The first kappa shape index (κ1) is 23.0. The number of aromatic amines is 1. The largest absolute Gasteiger partial charge is 0.493 e. The van der Waals surface area contributed by atoms with Crippen molar-refractivity contribution in [1.82, 2.24) is 9.97 Å². The average molecular weight is 463 g/mol. The zero-order chi connectivity index (χ0) is 23.8. The normalized spacial score (nSPS) is 11.2. The second kappa shape index (κ2) is 11.1. The Kier molecular flexibility index (Phi) is 7.49. The zero-order valence-electron chi connectivity index (χ0n) is 18.8. The van der Waals surface area contributed by atoms with E-state index in [-0.39, 0.29) is 18.2 Å². The maximum Gasteiger partial charge on any atom is 0.419 e. The molecule has 0 saturated heterocycles. The number of oxazole rings is 2. The van der Waals surface area contributed by atoms with Crippen molar-refractivity contribution in [2.75, 3.05) is 7.11 Å². The third-order valence-corrected chi connectivity index (χ3v) is 5.21. The summed E-state index contributed by atoms with van der Waals surface area (Å²) >= 11 is 0. The van der Waals surface area contributed by atoms with Crippen LogP contribution in [0.25, 0.3) is 12.2 Å². The summed E-state index contributed by atoms with van der Waals surface area (Å²) in [5, 5.41) is 9.58. The molecule has 8 nitrogen and oxygen atoms in total. The second-order valence-electron chi connectivity index (χ2n) is 7.69. The van der Waals surface area contributed by atoms with Crippen LogP contribution in [0.1, 0.15) is 41.3 Å². The average Bonchev–Trinajstić information content (AvgIpc) is 3.44. The van der Waals surface area contributed by atoms with Crippen LogP contribution < -0.4 is 15.2 Å². The van der Waals surface area contributed by atoms with Crippen LogP contribution in [-0.2, 0) is 19.4 Å². The molecule has 4 aromatic rings. The van der Waals surface area contributed by atoms with E-state index in [1.165, 1.54) is 0 Å². The lowest BCUT2D eigenvalue weighted by Crippen LogP contribution is -1.99. The summed E-state index contributed by atoms with van der Waals surface area (Å²) < 4.78 is 21.8. The van der Waals surface area contributed by atoms with Gasteiger partial charge in [-0.1, -0.05) is 36.4 Å². The molecule has 0 aliphatic heterocycles. The summed E-state index contributed by atoms with van der Waals surface area (Å²) in [6.07, 6.45) is 8.23. The molecule has 176 valence electrons. The van der Waals surface area contributed by atoms with Crippen molar-refractivity contribution in [1.29, 1.82) is 0 Å². The van der Waals surface area contributed by atoms with E-state index in [4.69, 9.17) is 18.3 Å². The van der Waals surface area contributed by atoms with E-state index in [0.29, 0.717) is 29.5 Å². The molecule has 0 spiro atoms. The Bertz CT molecular complexity index is 1290. The molecule has 0 saturated carbocycles. The summed E-state index contributed by atoms with van der Waals surface area (Å²) in [5.74, 6) is 1.21. The van der Waals surface area contributed by atoms with Crippen LogP contribution in [0, 0.1) is 0 Å². The van der Waals surface area contributed by atoms with Gasteiger partial charge in [0, 0.05) is 12.5 Å². The predicted octanol–water partition coefficient (Wildman–Crippen LogP) is 4.98. The molecule has 0 aliphatic carbocycles. The van der Waals surface area contributed by atoms with Gasteiger partial charge < -0.3 is 23.4 Å². The molecule has 34 heavy (non-hydrogen) atoms. The molecular formula is C26H26N2O6. The fourth-order valence-electron chi connectivity index (χ4n) is 3.47. The number of aromatic hydroxyl groups is 1. The van der Waals surface area contributed by atoms with Gasteiger partial charge in [0.25, 0.3) is 0 Å². The summed E-state index contributed by atoms with van der Waals surface area (Å²) in [5.41, 5.74) is 2.82. The minimum absolute atomic E-state index is 0.197. The minimum Gasteiger partial charge on any atom is -0.493 e.